The van der Waals surface area contributed by atoms with Gasteiger partial charge in [-0.2, -0.15) is 0 Å². The van der Waals surface area contributed by atoms with Crippen LogP contribution in [0.25, 0.3) is 60.4 Å². The Balaban J connectivity index is 0.000000351. The minimum atomic E-state index is 0.598. The zero-order valence-corrected chi connectivity index (χ0v) is 27.0. The van der Waals surface area contributed by atoms with Gasteiger partial charge < -0.3 is 16.0 Å². The molecule has 1 aliphatic heterocycles. The lowest BCUT2D eigenvalue weighted by Gasteiger charge is -2.15. The minimum Gasteiger partial charge on any atom is -0.456 e. The van der Waals surface area contributed by atoms with E-state index >= 15 is 0 Å². The first-order chi connectivity index (χ1) is 22.0. The maximum atomic E-state index is 6.61. The fourth-order valence-electron chi connectivity index (χ4n) is 5.45. The van der Waals surface area contributed by atoms with Gasteiger partial charge >= 0.3 is 0 Å². The fraction of sp³-hybridized carbons (Fsp3) is 0.150. The Morgan fingerprint density at radius 1 is 0.889 bits per heavy atom. The van der Waals surface area contributed by atoms with Crippen LogP contribution in [0.2, 0.25) is 0 Å². The first-order valence-electron chi connectivity index (χ1n) is 15.4. The van der Waals surface area contributed by atoms with E-state index in [1.54, 1.807) is 16.4 Å². The van der Waals surface area contributed by atoms with Crippen LogP contribution in [-0.2, 0) is 0 Å². The molecular weight excluding hydrogens is 571 g/mol. The van der Waals surface area contributed by atoms with Crippen molar-refractivity contribution in [1.29, 1.82) is 0 Å². The highest BCUT2D eigenvalue weighted by Gasteiger charge is 2.21. The van der Waals surface area contributed by atoms with Gasteiger partial charge in [0.2, 0.25) is 0 Å². The second-order valence-electron chi connectivity index (χ2n) is 10.8. The number of allylic oxidation sites excluding steroid dienone is 6. The number of rotatable bonds is 2. The average Bonchev–Trinajstić information content (AvgIpc) is 3.86. The zero-order valence-electron chi connectivity index (χ0n) is 26.2. The van der Waals surface area contributed by atoms with Crippen LogP contribution in [0.4, 0.5) is 5.69 Å². The second-order valence-corrected chi connectivity index (χ2v) is 11.7. The summed E-state index contributed by atoms with van der Waals surface area (Å²) in [4.78, 5) is 1.19. The molecule has 6 aromatic rings. The smallest absolute Gasteiger partial charge is 0.138 e. The molecule has 45 heavy (non-hydrogen) atoms. The lowest BCUT2D eigenvalue weighted by Crippen LogP contribution is -2.08. The van der Waals surface area contributed by atoms with Gasteiger partial charge in [0.1, 0.15) is 11.2 Å². The Labute approximate surface area is 270 Å². The number of nitrogens with two attached hydrogens (primary N) is 2. The van der Waals surface area contributed by atoms with E-state index in [-0.39, 0.29) is 0 Å². The zero-order chi connectivity index (χ0) is 31.9. The van der Waals surface area contributed by atoms with Gasteiger partial charge in [-0.15, -0.1) is 13.2 Å². The van der Waals surface area contributed by atoms with Crippen molar-refractivity contribution in [3.8, 4) is 11.1 Å². The van der Waals surface area contributed by atoms with Crippen LogP contribution in [0.5, 0.6) is 0 Å². The second kappa shape index (κ2) is 14.3. The number of furan rings is 1. The molecule has 5 heteroatoms. The number of benzene rings is 4. The summed E-state index contributed by atoms with van der Waals surface area (Å²) in [6.07, 6.45) is 16.0. The van der Waals surface area contributed by atoms with Gasteiger partial charge in [0.25, 0.3) is 0 Å². The summed E-state index contributed by atoms with van der Waals surface area (Å²) >= 11 is 1.71. The van der Waals surface area contributed by atoms with Gasteiger partial charge in [0.05, 0.1) is 16.7 Å². The molecule has 1 aliphatic carbocycles. The molecule has 0 bridgehead atoms. The summed E-state index contributed by atoms with van der Waals surface area (Å²) in [5.74, 6) is 6.61. The first-order valence-corrected chi connectivity index (χ1v) is 16.3. The highest BCUT2D eigenvalue weighted by Crippen LogP contribution is 2.44. The Morgan fingerprint density at radius 2 is 1.64 bits per heavy atom. The molecular formula is C40H41N3OS. The molecule has 4 N–H and O–H groups in total. The summed E-state index contributed by atoms with van der Waals surface area (Å²) < 4.78 is 7.87. The van der Waals surface area contributed by atoms with E-state index in [9.17, 15) is 0 Å². The molecule has 4 aromatic carbocycles. The van der Waals surface area contributed by atoms with Crippen LogP contribution < -0.4 is 11.6 Å². The molecule has 4 nitrogen and oxygen atoms in total. The Kier molecular flexibility index (Phi) is 10.0. The van der Waals surface area contributed by atoms with Crippen molar-refractivity contribution in [1.82, 2.24) is 4.68 Å². The highest BCUT2D eigenvalue weighted by atomic mass is 32.2. The van der Waals surface area contributed by atoms with Crippen LogP contribution in [0.3, 0.4) is 0 Å². The molecule has 3 heterocycles. The van der Waals surface area contributed by atoms with E-state index in [0.717, 1.165) is 72.4 Å². The minimum absolute atomic E-state index is 0.598. The standard InChI is InChI=1S/C30H21N3OS.C5H10.C3H6.C2H4/c1-17-7-4-5-14-35-30-19(17)9-6-10-20(30)18-12-13-24-22(15-18)28-27-21-8-2-3-11-25(21)34-26(27)16-23(31)29(28)33(24)32;1-3-5-4-2;1-2-3-1;1-2/h2-16H,1,31-32H2;3,5H,4H2,1-2H3;1-3H2;1-2H2/b7-4-,14-5-;5-3-;;. The van der Waals surface area contributed by atoms with E-state index < -0.39 is 0 Å². The molecule has 1 fully saturated rings. The molecule has 0 saturated heterocycles. The number of nitrogen functional groups attached to an aromatic ring is 2. The SMILES string of the molecule is C/C=C\CC.C1CC1.C=C.C=C1/C=C\C=C/Sc2c1cccc2-c1ccc2c(c1)c1c3c(cc(N)c1n2N)oc1ccccc13. The summed E-state index contributed by atoms with van der Waals surface area (Å²) in [5, 5.41) is 6.26. The van der Waals surface area contributed by atoms with Crippen LogP contribution in [0, 0.1) is 0 Å². The first kappa shape index (κ1) is 31.6. The number of nitrogens with zero attached hydrogens (tertiary/aromatic N) is 1. The third-order valence-electron chi connectivity index (χ3n) is 7.61. The molecule has 0 atom stereocenters. The normalized spacial score (nSPS) is 14.8. The van der Waals surface area contributed by atoms with Crippen molar-refractivity contribution in [2.75, 3.05) is 11.6 Å². The maximum Gasteiger partial charge on any atom is 0.138 e. The number of hydrogen-bond acceptors (Lipinski definition) is 4. The summed E-state index contributed by atoms with van der Waals surface area (Å²) in [6.45, 7) is 14.4. The number of aromatic nitrogens is 1. The highest BCUT2D eigenvalue weighted by molar-refractivity contribution is 8.02. The van der Waals surface area contributed by atoms with Gasteiger partial charge in [-0.3, -0.25) is 4.68 Å². The number of thioether (sulfide) groups is 1. The third kappa shape index (κ3) is 6.36. The third-order valence-corrected chi connectivity index (χ3v) is 8.57. The van der Waals surface area contributed by atoms with Gasteiger partial charge in [0, 0.05) is 32.5 Å². The van der Waals surface area contributed by atoms with E-state index in [1.165, 1.54) is 24.2 Å². The van der Waals surface area contributed by atoms with E-state index in [2.05, 4.69) is 86.7 Å². The fourth-order valence-corrected chi connectivity index (χ4v) is 6.39. The average molecular weight is 612 g/mol. The monoisotopic (exact) mass is 611 g/mol. The van der Waals surface area contributed by atoms with Crippen molar-refractivity contribution in [2.24, 2.45) is 0 Å². The topological polar surface area (TPSA) is 70.1 Å². The Hall–Kier alpha value is -4.87. The quantitative estimate of drug-likeness (QED) is 0.116. The van der Waals surface area contributed by atoms with Crippen LogP contribution in [0.1, 0.15) is 45.1 Å². The molecule has 2 aromatic heterocycles. The molecule has 2 aliphatic rings. The van der Waals surface area contributed by atoms with Crippen molar-refractivity contribution in [3.63, 3.8) is 0 Å². The predicted molar refractivity (Wildman–Crippen MR) is 200 cm³/mol. The molecule has 0 radical (unpaired) electrons. The number of para-hydroxylation sites is 1. The number of anilines is 1. The van der Waals surface area contributed by atoms with Crippen molar-refractivity contribution in [2.45, 2.75) is 44.4 Å². The van der Waals surface area contributed by atoms with Crippen molar-refractivity contribution >= 4 is 66.8 Å². The molecule has 0 unspecified atom stereocenters. The van der Waals surface area contributed by atoms with Crippen LogP contribution in [0.15, 0.2) is 132 Å². The van der Waals surface area contributed by atoms with Gasteiger partial charge in [-0.25, -0.2) is 0 Å². The molecule has 0 spiro atoms. The van der Waals surface area contributed by atoms with Crippen molar-refractivity contribution < 1.29 is 4.42 Å². The van der Waals surface area contributed by atoms with Crippen LogP contribution >= 0.6 is 11.8 Å². The largest absolute Gasteiger partial charge is 0.456 e. The summed E-state index contributed by atoms with van der Waals surface area (Å²) in [5.41, 5.74) is 14.9. The van der Waals surface area contributed by atoms with E-state index in [4.69, 9.17) is 16.0 Å². The molecule has 228 valence electrons. The number of fused-ring (bicyclic) bond motifs is 8. The van der Waals surface area contributed by atoms with Gasteiger partial charge in [0.15, 0.2) is 0 Å². The Bertz CT molecular complexity index is 2090. The Morgan fingerprint density at radius 3 is 2.36 bits per heavy atom. The van der Waals surface area contributed by atoms with E-state index in [0.29, 0.717) is 5.69 Å². The van der Waals surface area contributed by atoms with Crippen molar-refractivity contribution in [3.05, 3.63) is 128 Å². The predicted octanol–water partition coefficient (Wildman–Crippen LogP) is 11.8. The maximum absolute atomic E-state index is 6.61. The van der Waals surface area contributed by atoms with Gasteiger partial charge in [-0.1, -0.05) is 117 Å². The lowest BCUT2D eigenvalue weighted by atomic mass is 9.97. The summed E-state index contributed by atoms with van der Waals surface area (Å²) in [6, 6.07) is 22.8. The molecule has 1 saturated carbocycles. The van der Waals surface area contributed by atoms with E-state index in [1.807, 2.05) is 49.4 Å². The van der Waals surface area contributed by atoms with Crippen LogP contribution in [-0.4, -0.2) is 4.68 Å². The lowest BCUT2D eigenvalue weighted by molar-refractivity contribution is 0.669. The summed E-state index contributed by atoms with van der Waals surface area (Å²) in [7, 11) is 0. The molecule has 0 amide bonds. The number of hydrogen-bond donors (Lipinski definition) is 2. The van der Waals surface area contributed by atoms with Gasteiger partial charge in [-0.05, 0) is 59.2 Å². The molecule has 8 rings (SSSR count).